The summed E-state index contributed by atoms with van der Waals surface area (Å²) in [6.45, 7) is 0.218. The van der Waals surface area contributed by atoms with Crippen LogP contribution in [0.5, 0.6) is 11.5 Å². The van der Waals surface area contributed by atoms with Crippen molar-refractivity contribution in [3.63, 3.8) is 0 Å². The number of aromatic amines is 1. The molecule has 4 heterocycles. The van der Waals surface area contributed by atoms with Crippen molar-refractivity contribution >= 4 is 17.2 Å². The molecule has 128 valence electrons. The second kappa shape index (κ2) is 5.66. The molecule has 1 amide bonds. The number of nitrogens with zero attached hydrogens (tertiary/aromatic N) is 2. The molecule has 3 aromatic heterocycles. The Balaban J connectivity index is 1.45. The minimum atomic E-state index is -0.208. The average Bonchev–Trinajstić information content (AvgIpc) is 3.39. The molecular formula is C19H14N4O3. The van der Waals surface area contributed by atoms with E-state index in [0.29, 0.717) is 22.9 Å². The van der Waals surface area contributed by atoms with Crippen LogP contribution in [0.4, 0.5) is 5.82 Å². The van der Waals surface area contributed by atoms with Crippen LogP contribution in [0.25, 0.3) is 16.6 Å². The van der Waals surface area contributed by atoms with Gasteiger partial charge in [0, 0.05) is 23.5 Å². The van der Waals surface area contributed by atoms with Gasteiger partial charge in [0.1, 0.15) is 5.82 Å². The van der Waals surface area contributed by atoms with Crippen LogP contribution < -0.4 is 14.8 Å². The Morgan fingerprint density at radius 3 is 3.00 bits per heavy atom. The van der Waals surface area contributed by atoms with Gasteiger partial charge in [-0.1, -0.05) is 12.1 Å². The van der Waals surface area contributed by atoms with E-state index < -0.39 is 0 Å². The van der Waals surface area contributed by atoms with E-state index in [9.17, 15) is 4.79 Å². The topological polar surface area (TPSA) is 80.7 Å². The van der Waals surface area contributed by atoms with E-state index in [4.69, 9.17) is 9.47 Å². The summed E-state index contributed by atoms with van der Waals surface area (Å²) in [6.07, 6.45) is 5.37. The Morgan fingerprint density at radius 1 is 1.15 bits per heavy atom. The van der Waals surface area contributed by atoms with Crippen molar-refractivity contribution < 1.29 is 14.3 Å². The van der Waals surface area contributed by atoms with Gasteiger partial charge in [-0.15, -0.1) is 0 Å². The number of benzene rings is 1. The van der Waals surface area contributed by atoms with E-state index in [1.54, 1.807) is 12.4 Å². The monoisotopic (exact) mass is 346 g/mol. The molecule has 0 saturated heterocycles. The van der Waals surface area contributed by atoms with Crippen LogP contribution in [0.15, 0.2) is 61.1 Å². The van der Waals surface area contributed by atoms with Gasteiger partial charge < -0.3 is 19.2 Å². The molecule has 7 heteroatoms. The second-order valence-electron chi connectivity index (χ2n) is 5.94. The molecule has 5 rings (SSSR count). The minimum Gasteiger partial charge on any atom is -0.454 e. The van der Waals surface area contributed by atoms with Crippen molar-refractivity contribution in [2.75, 3.05) is 12.1 Å². The van der Waals surface area contributed by atoms with E-state index in [2.05, 4.69) is 15.5 Å². The number of pyridine rings is 1. The molecule has 0 aliphatic carbocycles. The van der Waals surface area contributed by atoms with Crippen LogP contribution >= 0.6 is 0 Å². The van der Waals surface area contributed by atoms with E-state index in [1.807, 2.05) is 53.1 Å². The number of ether oxygens (including phenoxy) is 2. The number of anilines is 1. The van der Waals surface area contributed by atoms with E-state index >= 15 is 0 Å². The second-order valence-corrected chi connectivity index (χ2v) is 5.94. The number of carbonyl (C=O) groups is 1. The number of aromatic nitrogens is 3. The van der Waals surface area contributed by atoms with Gasteiger partial charge in [0.2, 0.25) is 6.79 Å². The highest BCUT2D eigenvalue weighted by Gasteiger charge is 2.18. The Hall–Kier alpha value is -3.74. The largest absolute Gasteiger partial charge is 0.454 e. The number of amides is 1. The number of hydrogen-bond donors (Lipinski definition) is 2. The van der Waals surface area contributed by atoms with Crippen molar-refractivity contribution in [2.45, 2.75) is 0 Å². The molecule has 0 fully saturated rings. The third kappa shape index (κ3) is 2.37. The van der Waals surface area contributed by atoms with Crippen LogP contribution in [0.3, 0.4) is 0 Å². The maximum atomic E-state index is 12.6. The van der Waals surface area contributed by atoms with Crippen molar-refractivity contribution in [3.8, 4) is 22.6 Å². The lowest BCUT2D eigenvalue weighted by molar-refractivity contribution is 0.102. The maximum absolute atomic E-state index is 12.6. The predicted molar refractivity (Wildman–Crippen MR) is 95.5 cm³/mol. The molecule has 2 N–H and O–H groups in total. The Kier molecular flexibility index (Phi) is 3.18. The van der Waals surface area contributed by atoms with Crippen molar-refractivity contribution in [2.24, 2.45) is 0 Å². The first-order valence-electron chi connectivity index (χ1n) is 8.09. The molecule has 0 atom stereocenters. The number of fused-ring (bicyclic) bond motifs is 2. The summed E-state index contributed by atoms with van der Waals surface area (Å²) in [6, 6.07) is 13.3. The normalized spacial score (nSPS) is 12.5. The van der Waals surface area contributed by atoms with E-state index in [1.165, 1.54) is 0 Å². The van der Waals surface area contributed by atoms with Crippen molar-refractivity contribution in [1.29, 1.82) is 0 Å². The Labute approximate surface area is 148 Å². The van der Waals surface area contributed by atoms with Gasteiger partial charge in [0.15, 0.2) is 11.5 Å². The quantitative estimate of drug-likeness (QED) is 0.596. The summed E-state index contributed by atoms with van der Waals surface area (Å²) >= 11 is 0. The highest BCUT2D eigenvalue weighted by atomic mass is 16.7. The molecule has 0 radical (unpaired) electrons. The van der Waals surface area contributed by atoms with Gasteiger partial charge in [-0.3, -0.25) is 9.89 Å². The summed E-state index contributed by atoms with van der Waals surface area (Å²) in [5.41, 5.74) is 3.18. The number of H-pyrrole nitrogens is 1. The predicted octanol–water partition coefficient (Wildman–Crippen LogP) is 3.31. The third-order valence-corrected chi connectivity index (χ3v) is 4.33. The summed E-state index contributed by atoms with van der Waals surface area (Å²) in [7, 11) is 0. The first kappa shape index (κ1) is 14.6. The highest BCUT2D eigenvalue weighted by Crippen LogP contribution is 2.37. The third-order valence-electron chi connectivity index (χ3n) is 4.33. The zero-order chi connectivity index (χ0) is 17.5. The fraction of sp³-hybridized carbons (Fsp3) is 0.0526. The Morgan fingerprint density at radius 2 is 2.08 bits per heavy atom. The van der Waals surface area contributed by atoms with Crippen molar-refractivity contribution in [3.05, 3.63) is 66.6 Å². The van der Waals surface area contributed by atoms with Crippen molar-refractivity contribution in [1.82, 2.24) is 14.6 Å². The van der Waals surface area contributed by atoms with Gasteiger partial charge in [0.25, 0.3) is 5.91 Å². The number of rotatable bonds is 3. The highest BCUT2D eigenvalue weighted by molar-refractivity contribution is 6.06. The first-order valence-corrected chi connectivity index (χ1v) is 8.09. The molecule has 0 unspecified atom stereocenters. The number of hydrogen-bond acceptors (Lipinski definition) is 4. The molecule has 0 spiro atoms. The summed E-state index contributed by atoms with van der Waals surface area (Å²) in [5, 5.41) is 9.80. The molecular weight excluding hydrogens is 332 g/mol. The van der Waals surface area contributed by atoms with E-state index in [-0.39, 0.29) is 12.7 Å². The zero-order valence-corrected chi connectivity index (χ0v) is 13.6. The average molecular weight is 346 g/mol. The molecule has 1 aliphatic heterocycles. The van der Waals surface area contributed by atoms with Crippen LogP contribution in [0.2, 0.25) is 0 Å². The van der Waals surface area contributed by atoms with Crippen LogP contribution in [0.1, 0.15) is 10.4 Å². The summed E-state index contributed by atoms with van der Waals surface area (Å²) in [4.78, 5) is 12.6. The molecule has 0 saturated carbocycles. The van der Waals surface area contributed by atoms with Crippen LogP contribution in [0, 0.1) is 0 Å². The lowest BCUT2D eigenvalue weighted by atomic mass is 10.1. The van der Waals surface area contributed by atoms with Gasteiger partial charge in [-0.2, -0.15) is 5.10 Å². The SMILES string of the molecule is O=C(Nc1[nH]ncc1-c1ccc2c(c1)OCO2)c1cc2ccccn2c1. The number of nitrogens with one attached hydrogen (secondary N) is 2. The lowest BCUT2D eigenvalue weighted by Crippen LogP contribution is -2.12. The molecule has 4 aromatic rings. The first-order chi connectivity index (χ1) is 12.8. The van der Waals surface area contributed by atoms with Gasteiger partial charge in [0.05, 0.1) is 11.8 Å². The van der Waals surface area contributed by atoms with Gasteiger partial charge in [-0.25, -0.2) is 0 Å². The zero-order valence-electron chi connectivity index (χ0n) is 13.6. The maximum Gasteiger partial charge on any atom is 0.258 e. The molecule has 0 bridgehead atoms. The van der Waals surface area contributed by atoms with Crippen LogP contribution in [-0.2, 0) is 0 Å². The fourth-order valence-electron chi connectivity index (χ4n) is 3.03. The van der Waals surface area contributed by atoms with Crippen LogP contribution in [-0.4, -0.2) is 27.3 Å². The standard InChI is InChI=1S/C19H14N4O3/c24-19(13-7-14-3-1-2-6-23(14)10-13)21-18-15(9-20-22-18)12-4-5-16-17(8-12)26-11-25-16/h1-10H,11H2,(H2,20,21,22,24). The minimum absolute atomic E-state index is 0.208. The van der Waals surface area contributed by atoms with Gasteiger partial charge in [-0.05, 0) is 35.9 Å². The molecule has 7 nitrogen and oxygen atoms in total. The lowest BCUT2D eigenvalue weighted by Gasteiger charge is -2.06. The summed E-state index contributed by atoms with van der Waals surface area (Å²) in [5.74, 6) is 1.71. The molecule has 26 heavy (non-hydrogen) atoms. The smallest absolute Gasteiger partial charge is 0.258 e. The fourth-order valence-corrected chi connectivity index (χ4v) is 3.03. The van der Waals surface area contributed by atoms with Gasteiger partial charge >= 0.3 is 0 Å². The molecule has 1 aliphatic rings. The molecule has 1 aromatic carbocycles. The van der Waals surface area contributed by atoms with E-state index in [0.717, 1.165) is 16.6 Å². The Bertz CT molecular complexity index is 1100. The number of carbonyl (C=O) groups excluding carboxylic acids is 1. The summed E-state index contributed by atoms with van der Waals surface area (Å²) < 4.78 is 12.7.